The quantitative estimate of drug-likeness (QED) is 0.536. The van der Waals surface area contributed by atoms with Gasteiger partial charge in [0.05, 0.1) is 6.04 Å². The summed E-state index contributed by atoms with van der Waals surface area (Å²) in [7, 11) is 0. The van der Waals surface area contributed by atoms with Gasteiger partial charge in [0.1, 0.15) is 5.78 Å². The Morgan fingerprint density at radius 1 is 0.821 bits per heavy atom. The minimum absolute atomic E-state index is 0.292. The zero-order chi connectivity index (χ0) is 19.9. The highest BCUT2D eigenvalue weighted by Gasteiger charge is 2.24. The van der Waals surface area contributed by atoms with E-state index in [0.717, 1.165) is 36.0 Å². The maximum absolute atomic E-state index is 10.4. The van der Waals surface area contributed by atoms with Crippen LogP contribution in [-0.2, 0) is 4.79 Å². The second kappa shape index (κ2) is 10.4. The van der Waals surface area contributed by atoms with Crippen LogP contribution in [0.15, 0.2) is 48.5 Å². The lowest BCUT2D eigenvalue weighted by Crippen LogP contribution is -2.34. The number of nitrogens with zero attached hydrogens (tertiary/aromatic N) is 1. The summed E-state index contributed by atoms with van der Waals surface area (Å²) in [4.78, 5) is 13.0. The molecule has 150 valence electrons. The number of carbonyl (C=O) groups excluding carboxylic acids is 1. The number of benzene rings is 2. The predicted octanol–water partition coefficient (Wildman–Crippen LogP) is 6.94. The number of piperidine rings is 1. The van der Waals surface area contributed by atoms with Crippen molar-refractivity contribution in [2.24, 2.45) is 5.92 Å². The van der Waals surface area contributed by atoms with Crippen molar-refractivity contribution in [2.75, 3.05) is 13.1 Å². The summed E-state index contributed by atoms with van der Waals surface area (Å²) in [6.07, 6.45) is 7.45. The first-order chi connectivity index (χ1) is 13.5. The number of Topliss-reactive ketones (excluding diaryl/α,β-unsaturated/α-hetero) is 1. The van der Waals surface area contributed by atoms with Crippen molar-refractivity contribution in [1.82, 2.24) is 4.90 Å². The van der Waals surface area contributed by atoms with Crippen LogP contribution in [0.25, 0.3) is 0 Å². The first-order valence-electron chi connectivity index (χ1n) is 10.3. The summed E-state index contributed by atoms with van der Waals surface area (Å²) in [6.45, 7) is 3.98. The fraction of sp³-hybridized carbons (Fsp3) is 0.458. The number of hydrogen-bond donors (Lipinski definition) is 0. The highest BCUT2D eigenvalue weighted by molar-refractivity contribution is 6.30. The number of halogens is 2. The molecule has 1 aliphatic carbocycles. The zero-order valence-electron chi connectivity index (χ0n) is 16.5. The largest absolute Gasteiger partial charge is 0.300 e. The molecule has 1 saturated carbocycles. The molecule has 0 radical (unpaired) electrons. The molecule has 2 nitrogen and oxygen atoms in total. The molecule has 0 aromatic heterocycles. The van der Waals surface area contributed by atoms with E-state index in [0.29, 0.717) is 17.7 Å². The third-order valence-corrected chi connectivity index (χ3v) is 6.31. The van der Waals surface area contributed by atoms with Crippen LogP contribution in [0.3, 0.4) is 0 Å². The van der Waals surface area contributed by atoms with Crippen LogP contribution < -0.4 is 0 Å². The molecule has 0 atom stereocenters. The van der Waals surface area contributed by atoms with Gasteiger partial charge >= 0.3 is 0 Å². The predicted molar refractivity (Wildman–Crippen MR) is 118 cm³/mol. The molecular weight excluding hydrogens is 389 g/mol. The van der Waals surface area contributed by atoms with Gasteiger partial charge in [-0.1, -0.05) is 60.3 Å². The SMILES string of the molecule is CC(=O)C1CCC1.Clc1ccc(C(c2ccc(Cl)cc2)N2CCCCC2)cc1. The first kappa shape index (κ1) is 21.4. The molecule has 0 N–H and O–H groups in total. The summed E-state index contributed by atoms with van der Waals surface area (Å²) in [6, 6.07) is 16.7. The van der Waals surface area contributed by atoms with Gasteiger partial charge in [0.25, 0.3) is 0 Å². The summed E-state index contributed by atoms with van der Waals surface area (Å²) in [5, 5.41) is 1.57. The Balaban J connectivity index is 0.000000271. The van der Waals surface area contributed by atoms with Crippen molar-refractivity contribution >= 4 is 29.0 Å². The minimum atomic E-state index is 0.292. The molecule has 2 aliphatic rings. The molecule has 0 unspecified atom stereocenters. The van der Waals surface area contributed by atoms with Crippen molar-refractivity contribution in [3.63, 3.8) is 0 Å². The van der Waals surface area contributed by atoms with Crippen LogP contribution in [0.5, 0.6) is 0 Å². The summed E-state index contributed by atoms with van der Waals surface area (Å²) in [5.74, 6) is 0.825. The fourth-order valence-electron chi connectivity index (χ4n) is 3.90. The second-order valence-electron chi connectivity index (χ2n) is 7.84. The van der Waals surface area contributed by atoms with Crippen molar-refractivity contribution in [2.45, 2.75) is 51.5 Å². The molecule has 2 aromatic carbocycles. The van der Waals surface area contributed by atoms with E-state index in [1.807, 2.05) is 24.3 Å². The standard InChI is InChI=1S/C18H19Cl2N.C6H10O/c19-16-8-4-14(5-9-16)18(21-12-2-1-3-13-21)15-6-10-17(20)11-7-15;1-5(7)6-3-2-4-6/h4-11,18H,1-3,12-13H2;6H,2-4H2,1H3. The lowest BCUT2D eigenvalue weighted by molar-refractivity contribution is -0.122. The Morgan fingerprint density at radius 3 is 1.61 bits per heavy atom. The molecule has 0 spiro atoms. The molecule has 2 aromatic rings. The number of rotatable bonds is 4. The van der Waals surface area contributed by atoms with Crippen LogP contribution >= 0.6 is 23.2 Å². The van der Waals surface area contributed by atoms with Crippen LogP contribution in [0.2, 0.25) is 10.0 Å². The molecule has 1 heterocycles. The summed E-state index contributed by atoms with van der Waals surface area (Å²) < 4.78 is 0. The van der Waals surface area contributed by atoms with E-state index in [-0.39, 0.29) is 0 Å². The third kappa shape index (κ3) is 5.83. The smallest absolute Gasteiger partial charge is 0.132 e. The van der Waals surface area contributed by atoms with Crippen molar-refractivity contribution in [3.05, 3.63) is 69.7 Å². The van der Waals surface area contributed by atoms with E-state index in [1.165, 1.54) is 36.8 Å². The van der Waals surface area contributed by atoms with Gasteiger partial charge in [-0.15, -0.1) is 0 Å². The van der Waals surface area contributed by atoms with E-state index in [1.54, 1.807) is 6.92 Å². The summed E-state index contributed by atoms with van der Waals surface area (Å²) >= 11 is 12.1. The van der Waals surface area contributed by atoms with E-state index in [2.05, 4.69) is 29.2 Å². The molecule has 4 heteroatoms. The Kier molecular flexibility index (Phi) is 7.96. The first-order valence-corrected chi connectivity index (χ1v) is 11.1. The third-order valence-electron chi connectivity index (χ3n) is 5.81. The Hall–Kier alpha value is -1.35. The van der Waals surface area contributed by atoms with Crippen molar-refractivity contribution < 1.29 is 4.79 Å². The van der Waals surface area contributed by atoms with Gasteiger partial charge in [-0.2, -0.15) is 0 Å². The van der Waals surface area contributed by atoms with Crippen LogP contribution in [0.4, 0.5) is 0 Å². The van der Waals surface area contributed by atoms with E-state index in [4.69, 9.17) is 23.2 Å². The Labute approximate surface area is 178 Å². The van der Waals surface area contributed by atoms with Crippen LogP contribution in [0, 0.1) is 5.92 Å². The number of carbonyl (C=O) groups is 1. The highest BCUT2D eigenvalue weighted by atomic mass is 35.5. The topological polar surface area (TPSA) is 20.3 Å². The van der Waals surface area contributed by atoms with Gasteiger partial charge in [0.15, 0.2) is 0 Å². The Bertz CT molecular complexity index is 702. The fourth-order valence-corrected chi connectivity index (χ4v) is 4.15. The highest BCUT2D eigenvalue weighted by Crippen LogP contribution is 2.32. The monoisotopic (exact) mass is 417 g/mol. The Morgan fingerprint density at radius 2 is 1.29 bits per heavy atom. The van der Waals surface area contributed by atoms with Crippen LogP contribution in [-0.4, -0.2) is 23.8 Å². The molecule has 0 bridgehead atoms. The van der Waals surface area contributed by atoms with Gasteiger partial charge in [-0.05, 0) is 81.1 Å². The second-order valence-corrected chi connectivity index (χ2v) is 8.71. The lowest BCUT2D eigenvalue weighted by atomic mass is 9.83. The molecule has 1 saturated heterocycles. The minimum Gasteiger partial charge on any atom is -0.300 e. The van der Waals surface area contributed by atoms with Gasteiger partial charge in [0.2, 0.25) is 0 Å². The van der Waals surface area contributed by atoms with Gasteiger partial charge < -0.3 is 0 Å². The number of likely N-dealkylation sites (tertiary alicyclic amines) is 1. The molecule has 28 heavy (non-hydrogen) atoms. The zero-order valence-corrected chi connectivity index (χ0v) is 18.1. The van der Waals surface area contributed by atoms with Crippen molar-refractivity contribution in [1.29, 1.82) is 0 Å². The molecular formula is C24H29Cl2NO. The van der Waals surface area contributed by atoms with E-state index < -0.39 is 0 Å². The van der Waals surface area contributed by atoms with Gasteiger partial charge in [0, 0.05) is 16.0 Å². The maximum atomic E-state index is 10.4. The lowest BCUT2D eigenvalue weighted by Gasteiger charge is -2.35. The van der Waals surface area contributed by atoms with Gasteiger partial charge in [-0.3, -0.25) is 9.69 Å². The number of hydrogen-bond acceptors (Lipinski definition) is 2. The van der Waals surface area contributed by atoms with E-state index >= 15 is 0 Å². The molecule has 4 rings (SSSR count). The van der Waals surface area contributed by atoms with Crippen molar-refractivity contribution in [3.8, 4) is 0 Å². The van der Waals surface area contributed by atoms with Crippen LogP contribution in [0.1, 0.15) is 62.6 Å². The molecule has 2 fully saturated rings. The maximum Gasteiger partial charge on any atom is 0.132 e. The van der Waals surface area contributed by atoms with Gasteiger partial charge in [-0.25, -0.2) is 0 Å². The normalized spacial score (nSPS) is 17.6. The average Bonchev–Trinajstić information content (AvgIpc) is 2.65. The molecule has 1 aliphatic heterocycles. The average molecular weight is 418 g/mol. The number of ketones is 1. The van der Waals surface area contributed by atoms with E-state index in [9.17, 15) is 4.79 Å². The molecule has 0 amide bonds. The summed E-state index contributed by atoms with van der Waals surface area (Å²) in [5.41, 5.74) is 2.59.